The van der Waals surface area contributed by atoms with Crippen LogP contribution in [0.1, 0.15) is 19.8 Å². The Bertz CT molecular complexity index is 180. The van der Waals surface area contributed by atoms with Crippen molar-refractivity contribution in [2.24, 2.45) is 5.73 Å². The molecule has 1 rings (SSSR count). The lowest BCUT2D eigenvalue weighted by atomic mass is 10.1. The summed E-state index contributed by atoms with van der Waals surface area (Å²) < 4.78 is 0. The molecule has 18 heavy (non-hydrogen) atoms. The summed E-state index contributed by atoms with van der Waals surface area (Å²) in [7, 11) is 0. The van der Waals surface area contributed by atoms with Crippen molar-refractivity contribution in [2.45, 2.75) is 25.8 Å². The summed E-state index contributed by atoms with van der Waals surface area (Å²) in [5.74, 6) is 0. The molecule has 5 heteroatoms. The third-order valence-electron chi connectivity index (χ3n) is 3.57. The van der Waals surface area contributed by atoms with Gasteiger partial charge in [-0.25, -0.2) is 0 Å². The number of nitrogens with two attached hydrogens (primary N) is 1. The number of rotatable bonds is 10. The highest BCUT2D eigenvalue weighted by molar-refractivity contribution is 4.76. The quantitative estimate of drug-likeness (QED) is 0.386. The molecule has 0 aromatic heterocycles. The maximum absolute atomic E-state index is 5.40. The SMILES string of the molecule is CCN1CCC(NCCNCCNCCN)CC1. The van der Waals surface area contributed by atoms with Gasteiger partial charge in [0.2, 0.25) is 0 Å². The monoisotopic (exact) mass is 257 g/mol. The molecule has 0 amide bonds. The molecule has 0 bridgehead atoms. The number of nitrogens with zero attached hydrogens (tertiary/aromatic N) is 1. The van der Waals surface area contributed by atoms with Crippen molar-refractivity contribution in [3.63, 3.8) is 0 Å². The normalized spacial score (nSPS) is 18.3. The zero-order chi connectivity index (χ0) is 13.1. The second-order valence-electron chi connectivity index (χ2n) is 4.95. The molecule has 0 unspecified atom stereocenters. The van der Waals surface area contributed by atoms with Crippen LogP contribution in [-0.4, -0.2) is 69.8 Å². The van der Waals surface area contributed by atoms with E-state index in [1.165, 1.54) is 32.5 Å². The second-order valence-corrected chi connectivity index (χ2v) is 4.95. The van der Waals surface area contributed by atoms with E-state index in [1.54, 1.807) is 0 Å². The van der Waals surface area contributed by atoms with Crippen molar-refractivity contribution >= 4 is 0 Å². The van der Waals surface area contributed by atoms with Crippen molar-refractivity contribution in [2.75, 3.05) is 58.9 Å². The fourth-order valence-electron chi connectivity index (χ4n) is 2.35. The fourth-order valence-corrected chi connectivity index (χ4v) is 2.35. The topological polar surface area (TPSA) is 65.3 Å². The van der Waals surface area contributed by atoms with Crippen molar-refractivity contribution in [3.05, 3.63) is 0 Å². The van der Waals surface area contributed by atoms with Gasteiger partial charge in [0, 0.05) is 45.3 Å². The molecule has 0 spiro atoms. The number of hydrogen-bond acceptors (Lipinski definition) is 5. The lowest BCUT2D eigenvalue weighted by Crippen LogP contribution is -2.44. The van der Waals surface area contributed by atoms with E-state index in [-0.39, 0.29) is 0 Å². The number of hydrogen-bond donors (Lipinski definition) is 4. The summed E-state index contributed by atoms with van der Waals surface area (Å²) in [6.07, 6.45) is 2.60. The minimum absolute atomic E-state index is 0.720. The predicted octanol–water partition coefficient (Wildman–Crippen LogP) is -0.802. The van der Waals surface area contributed by atoms with Gasteiger partial charge in [-0.2, -0.15) is 0 Å². The number of nitrogens with one attached hydrogen (secondary N) is 3. The van der Waals surface area contributed by atoms with Gasteiger partial charge in [0.05, 0.1) is 0 Å². The molecule has 1 heterocycles. The Kier molecular flexibility index (Phi) is 9.42. The van der Waals surface area contributed by atoms with Gasteiger partial charge in [0.25, 0.3) is 0 Å². The largest absolute Gasteiger partial charge is 0.329 e. The van der Waals surface area contributed by atoms with Crippen LogP contribution in [0.5, 0.6) is 0 Å². The Morgan fingerprint density at radius 1 is 1.00 bits per heavy atom. The van der Waals surface area contributed by atoms with E-state index in [1.807, 2.05) is 0 Å². The summed E-state index contributed by atoms with van der Waals surface area (Å²) in [6.45, 7) is 11.7. The Hall–Kier alpha value is -0.200. The van der Waals surface area contributed by atoms with Crippen molar-refractivity contribution in [3.8, 4) is 0 Å². The third kappa shape index (κ3) is 7.28. The van der Waals surface area contributed by atoms with Gasteiger partial charge in [0.15, 0.2) is 0 Å². The maximum atomic E-state index is 5.40. The maximum Gasteiger partial charge on any atom is 0.00919 e. The molecule has 0 radical (unpaired) electrons. The molecular weight excluding hydrogens is 226 g/mol. The molecule has 1 saturated heterocycles. The first-order valence-electron chi connectivity index (χ1n) is 7.44. The lowest BCUT2D eigenvalue weighted by Gasteiger charge is -2.31. The molecule has 0 aromatic carbocycles. The molecule has 0 atom stereocenters. The fraction of sp³-hybridized carbons (Fsp3) is 1.00. The Labute approximate surface area is 112 Å². The van der Waals surface area contributed by atoms with Gasteiger partial charge >= 0.3 is 0 Å². The zero-order valence-electron chi connectivity index (χ0n) is 11.9. The Morgan fingerprint density at radius 2 is 1.61 bits per heavy atom. The average molecular weight is 257 g/mol. The molecule has 0 saturated carbocycles. The van der Waals surface area contributed by atoms with E-state index < -0.39 is 0 Å². The first-order valence-corrected chi connectivity index (χ1v) is 7.44. The van der Waals surface area contributed by atoms with Gasteiger partial charge in [0.1, 0.15) is 0 Å². The van der Waals surface area contributed by atoms with Gasteiger partial charge in [-0.3, -0.25) is 0 Å². The second kappa shape index (κ2) is 10.7. The van der Waals surface area contributed by atoms with E-state index in [0.717, 1.165) is 45.3 Å². The van der Waals surface area contributed by atoms with E-state index in [2.05, 4.69) is 27.8 Å². The van der Waals surface area contributed by atoms with Gasteiger partial charge < -0.3 is 26.6 Å². The standard InChI is InChI=1S/C13H31N5/c1-2-18-11-3-13(4-12-18)17-10-9-16-8-7-15-6-5-14/h13,15-17H,2-12,14H2,1H3. The number of likely N-dealkylation sites (tertiary alicyclic amines) is 1. The van der Waals surface area contributed by atoms with Crippen LogP contribution in [0.3, 0.4) is 0 Å². The van der Waals surface area contributed by atoms with Crippen LogP contribution in [0.2, 0.25) is 0 Å². The minimum Gasteiger partial charge on any atom is -0.329 e. The van der Waals surface area contributed by atoms with Crippen LogP contribution in [-0.2, 0) is 0 Å². The molecule has 1 aliphatic rings. The summed E-state index contributed by atoms with van der Waals surface area (Å²) >= 11 is 0. The molecule has 5 nitrogen and oxygen atoms in total. The van der Waals surface area contributed by atoms with Crippen molar-refractivity contribution in [1.82, 2.24) is 20.9 Å². The summed E-state index contributed by atoms with van der Waals surface area (Å²) in [5, 5.41) is 10.3. The molecular formula is C13H31N5. The van der Waals surface area contributed by atoms with Crippen LogP contribution in [0, 0.1) is 0 Å². The first-order chi connectivity index (χ1) is 8.86. The highest BCUT2D eigenvalue weighted by Crippen LogP contribution is 2.08. The Balaban J connectivity index is 1.84. The Morgan fingerprint density at radius 3 is 2.22 bits per heavy atom. The highest BCUT2D eigenvalue weighted by Gasteiger charge is 2.16. The van der Waals surface area contributed by atoms with Crippen molar-refractivity contribution < 1.29 is 0 Å². The van der Waals surface area contributed by atoms with Gasteiger partial charge in [-0.1, -0.05) is 6.92 Å². The molecule has 1 fully saturated rings. The summed E-state index contributed by atoms with van der Waals surface area (Å²) in [6, 6.07) is 0.727. The molecule has 0 aliphatic carbocycles. The smallest absolute Gasteiger partial charge is 0.00919 e. The van der Waals surface area contributed by atoms with E-state index >= 15 is 0 Å². The van der Waals surface area contributed by atoms with Crippen LogP contribution >= 0.6 is 0 Å². The first kappa shape index (κ1) is 15.9. The minimum atomic E-state index is 0.720. The van der Waals surface area contributed by atoms with E-state index in [0.29, 0.717) is 0 Å². The molecule has 5 N–H and O–H groups in total. The zero-order valence-corrected chi connectivity index (χ0v) is 11.9. The number of piperidine rings is 1. The lowest BCUT2D eigenvalue weighted by molar-refractivity contribution is 0.207. The molecule has 108 valence electrons. The summed E-state index contributed by atoms with van der Waals surface area (Å²) in [4.78, 5) is 2.53. The van der Waals surface area contributed by atoms with Crippen LogP contribution in [0.25, 0.3) is 0 Å². The van der Waals surface area contributed by atoms with Gasteiger partial charge in [-0.15, -0.1) is 0 Å². The third-order valence-corrected chi connectivity index (χ3v) is 3.57. The van der Waals surface area contributed by atoms with Gasteiger partial charge in [-0.05, 0) is 32.5 Å². The van der Waals surface area contributed by atoms with E-state index in [9.17, 15) is 0 Å². The summed E-state index contributed by atoms with van der Waals surface area (Å²) in [5.41, 5.74) is 5.40. The van der Waals surface area contributed by atoms with E-state index in [4.69, 9.17) is 5.73 Å². The predicted molar refractivity (Wildman–Crippen MR) is 77.9 cm³/mol. The highest BCUT2D eigenvalue weighted by atomic mass is 15.1. The van der Waals surface area contributed by atoms with Crippen LogP contribution in [0.15, 0.2) is 0 Å². The van der Waals surface area contributed by atoms with Crippen LogP contribution < -0.4 is 21.7 Å². The van der Waals surface area contributed by atoms with Crippen LogP contribution in [0.4, 0.5) is 0 Å². The average Bonchev–Trinajstić information content (AvgIpc) is 2.42. The molecule has 1 aliphatic heterocycles. The van der Waals surface area contributed by atoms with Crippen molar-refractivity contribution in [1.29, 1.82) is 0 Å². The molecule has 0 aromatic rings.